The normalized spacial score (nSPS) is 16.9. The fraction of sp³-hybridized carbons (Fsp3) is 0.818. The smallest absolute Gasteiger partial charge is 0.311 e. The average molecular weight is 247 g/mol. The van der Waals surface area contributed by atoms with E-state index in [9.17, 15) is 9.59 Å². The van der Waals surface area contributed by atoms with E-state index in [4.69, 9.17) is 11.6 Å². The van der Waals surface area contributed by atoms with Gasteiger partial charge in [-0.25, -0.2) is 0 Å². The zero-order valence-electron chi connectivity index (χ0n) is 9.67. The molecule has 0 heterocycles. The summed E-state index contributed by atoms with van der Waals surface area (Å²) in [4.78, 5) is 24.7. The summed E-state index contributed by atoms with van der Waals surface area (Å²) in [5.41, 5.74) is 0. The van der Waals surface area contributed by atoms with Crippen LogP contribution in [-0.2, 0) is 9.59 Å². The standard InChI is InChI=1S/C11H19ClN2O2/c1-14(9-5-3-2-4-6-9)11(16)10(15)13-8-7-12/h9H,2-8H2,1H3,(H,13,15). The van der Waals surface area contributed by atoms with E-state index >= 15 is 0 Å². The van der Waals surface area contributed by atoms with Gasteiger partial charge in [0.1, 0.15) is 0 Å². The predicted molar refractivity (Wildman–Crippen MR) is 63.4 cm³/mol. The van der Waals surface area contributed by atoms with Crippen molar-refractivity contribution < 1.29 is 9.59 Å². The van der Waals surface area contributed by atoms with Gasteiger partial charge in [-0.2, -0.15) is 0 Å². The molecule has 1 aliphatic rings. The Morgan fingerprint density at radius 2 is 1.94 bits per heavy atom. The van der Waals surface area contributed by atoms with Gasteiger partial charge in [-0.3, -0.25) is 9.59 Å². The summed E-state index contributed by atoms with van der Waals surface area (Å²) < 4.78 is 0. The van der Waals surface area contributed by atoms with Crippen LogP contribution in [0, 0.1) is 0 Å². The molecule has 0 aliphatic heterocycles. The molecule has 0 atom stereocenters. The van der Waals surface area contributed by atoms with Crippen molar-refractivity contribution in [3.05, 3.63) is 0 Å². The van der Waals surface area contributed by atoms with Crippen molar-refractivity contribution in [3.8, 4) is 0 Å². The molecular formula is C11H19ClN2O2. The molecule has 1 N–H and O–H groups in total. The lowest BCUT2D eigenvalue weighted by Gasteiger charge is -2.30. The van der Waals surface area contributed by atoms with Gasteiger partial charge in [0.15, 0.2) is 0 Å². The number of amides is 2. The van der Waals surface area contributed by atoms with Crippen LogP contribution in [0.4, 0.5) is 0 Å². The molecule has 16 heavy (non-hydrogen) atoms. The predicted octanol–water partition coefficient (Wildman–Crippen LogP) is 1.13. The summed E-state index contributed by atoms with van der Waals surface area (Å²) >= 11 is 5.44. The molecule has 1 rings (SSSR count). The number of carbonyl (C=O) groups excluding carboxylic acids is 2. The number of halogens is 1. The molecule has 0 aromatic carbocycles. The lowest BCUT2D eigenvalue weighted by molar-refractivity contribution is -0.146. The molecule has 0 spiro atoms. The van der Waals surface area contributed by atoms with Crippen LogP contribution in [-0.4, -0.2) is 42.2 Å². The third kappa shape index (κ3) is 3.67. The highest BCUT2D eigenvalue weighted by molar-refractivity contribution is 6.35. The van der Waals surface area contributed by atoms with Gasteiger partial charge in [-0.15, -0.1) is 11.6 Å². The quantitative estimate of drug-likeness (QED) is 0.600. The van der Waals surface area contributed by atoms with Gasteiger partial charge >= 0.3 is 11.8 Å². The molecule has 92 valence electrons. The van der Waals surface area contributed by atoms with Gasteiger partial charge in [0.2, 0.25) is 0 Å². The number of nitrogens with one attached hydrogen (secondary N) is 1. The SMILES string of the molecule is CN(C(=O)C(=O)NCCCl)C1CCCCC1. The Labute approximate surface area is 101 Å². The van der Waals surface area contributed by atoms with Crippen LogP contribution in [0.2, 0.25) is 0 Å². The van der Waals surface area contributed by atoms with Crippen molar-refractivity contribution in [1.82, 2.24) is 10.2 Å². The fourth-order valence-corrected chi connectivity index (χ4v) is 2.13. The highest BCUT2D eigenvalue weighted by Crippen LogP contribution is 2.21. The Hall–Kier alpha value is -0.770. The number of hydrogen-bond acceptors (Lipinski definition) is 2. The highest BCUT2D eigenvalue weighted by Gasteiger charge is 2.26. The first kappa shape index (κ1) is 13.3. The lowest BCUT2D eigenvalue weighted by Crippen LogP contribution is -2.46. The first-order valence-corrected chi connectivity index (χ1v) is 6.31. The first-order chi connectivity index (χ1) is 7.66. The summed E-state index contributed by atoms with van der Waals surface area (Å²) in [5.74, 6) is -0.669. The van der Waals surface area contributed by atoms with E-state index < -0.39 is 11.8 Å². The molecule has 1 aliphatic carbocycles. The summed E-state index contributed by atoms with van der Waals surface area (Å²) in [5, 5.41) is 2.49. The number of carbonyl (C=O) groups is 2. The summed E-state index contributed by atoms with van der Waals surface area (Å²) in [6.45, 7) is 0.338. The van der Waals surface area contributed by atoms with Gasteiger partial charge in [0.05, 0.1) is 0 Å². The van der Waals surface area contributed by atoms with E-state index in [1.54, 1.807) is 11.9 Å². The monoisotopic (exact) mass is 246 g/mol. The van der Waals surface area contributed by atoms with E-state index in [-0.39, 0.29) is 6.04 Å². The van der Waals surface area contributed by atoms with Crippen LogP contribution in [0.25, 0.3) is 0 Å². The molecule has 0 bridgehead atoms. The molecule has 0 aromatic heterocycles. The Morgan fingerprint density at radius 1 is 1.31 bits per heavy atom. The lowest BCUT2D eigenvalue weighted by atomic mass is 9.94. The number of nitrogens with zero attached hydrogens (tertiary/aromatic N) is 1. The summed E-state index contributed by atoms with van der Waals surface area (Å²) in [6.07, 6.45) is 5.53. The first-order valence-electron chi connectivity index (χ1n) is 5.77. The van der Waals surface area contributed by atoms with Crippen LogP contribution >= 0.6 is 11.6 Å². The van der Waals surface area contributed by atoms with Crippen molar-refractivity contribution in [2.45, 2.75) is 38.1 Å². The van der Waals surface area contributed by atoms with Crippen molar-refractivity contribution in [2.75, 3.05) is 19.5 Å². The second-order valence-corrected chi connectivity index (χ2v) is 4.53. The maximum Gasteiger partial charge on any atom is 0.311 e. The minimum Gasteiger partial charge on any atom is -0.347 e. The maximum absolute atomic E-state index is 11.7. The van der Waals surface area contributed by atoms with Crippen LogP contribution in [0.1, 0.15) is 32.1 Å². The van der Waals surface area contributed by atoms with Gasteiger partial charge in [-0.1, -0.05) is 19.3 Å². The Kier molecular flexibility index (Phi) is 5.60. The number of likely N-dealkylation sites (N-methyl/N-ethyl adjacent to an activating group) is 1. The maximum atomic E-state index is 11.7. The molecule has 0 unspecified atom stereocenters. The molecule has 5 heteroatoms. The number of hydrogen-bond donors (Lipinski definition) is 1. The molecule has 0 radical (unpaired) electrons. The van der Waals surface area contributed by atoms with Crippen molar-refractivity contribution in [2.24, 2.45) is 0 Å². The third-order valence-corrected chi connectivity index (χ3v) is 3.21. The Balaban J connectivity index is 2.42. The topological polar surface area (TPSA) is 49.4 Å². The van der Waals surface area contributed by atoms with Crippen LogP contribution in [0.15, 0.2) is 0 Å². The molecule has 0 aromatic rings. The highest BCUT2D eigenvalue weighted by atomic mass is 35.5. The van der Waals surface area contributed by atoms with E-state index in [0.29, 0.717) is 12.4 Å². The molecule has 0 saturated heterocycles. The molecular weight excluding hydrogens is 228 g/mol. The Morgan fingerprint density at radius 3 is 2.50 bits per heavy atom. The number of rotatable bonds is 3. The average Bonchev–Trinajstić information content (AvgIpc) is 2.35. The second kappa shape index (κ2) is 6.74. The minimum absolute atomic E-state index is 0.225. The van der Waals surface area contributed by atoms with Gasteiger partial charge in [-0.05, 0) is 12.8 Å². The zero-order chi connectivity index (χ0) is 12.0. The third-order valence-electron chi connectivity index (χ3n) is 3.02. The largest absolute Gasteiger partial charge is 0.347 e. The molecule has 1 saturated carbocycles. The van der Waals surface area contributed by atoms with Crippen LogP contribution in [0.5, 0.6) is 0 Å². The van der Waals surface area contributed by atoms with E-state index in [0.717, 1.165) is 25.7 Å². The molecule has 1 fully saturated rings. The van der Waals surface area contributed by atoms with E-state index in [1.807, 2.05) is 0 Å². The van der Waals surface area contributed by atoms with Gasteiger partial charge < -0.3 is 10.2 Å². The Bertz CT molecular complexity index is 252. The fourth-order valence-electron chi connectivity index (χ4n) is 2.03. The van der Waals surface area contributed by atoms with E-state index in [1.165, 1.54) is 6.42 Å². The van der Waals surface area contributed by atoms with E-state index in [2.05, 4.69) is 5.32 Å². The van der Waals surface area contributed by atoms with Crippen LogP contribution < -0.4 is 5.32 Å². The van der Waals surface area contributed by atoms with Crippen molar-refractivity contribution in [1.29, 1.82) is 0 Å². The molecule has 4 nitrogen and oxygen atoms in total. The van der Waals surface area contributed by atoms with Crippen LogP contribution in [0.3, 0.4) is 0 Å². The van der Waals surface area contributed by atoms with Gasteiger partial charge in [0.25, 0.3) is 0 Å². The minimum atomic E-state index is -0.547. The zero-order valence-corrected chi connectivity index (χ0v) is 10.4. The summed E-state index contributed by atoms with van der Waals surface area (Å²) in [7, 11) is 1.71. The second-order valence-electron chi connectivity index (χ2n) is 4.15. The molecule has 2 amide bonds. The van der Waals surface area contributed by atoms with Crippen molar-refractivity contribution in [3.63, 3.8) is 0 Å². The number of alkyl halides is 1. The van der Waals surface area contributed by atoms with Crippen molar-refractivity contribution >= 4 is 23.4 Å². The summed E-state index contributed by atoms with van der Waals surface area (Å²) in [6, 6.07) is 0.225. The van der Waals surface area contributed by atoms with Gasteiger partial charge in [0, 0.05) is 25.5 Å².